The molecule has 2 heterocycles. The van der Waals surface area contributed by atoms with Crippen molar-refractivity contribution in [2.45, 2.75) is 0 Å². The van der Waals surface area contributed by atoms with E-state index in [1.807, 2.05) is 40.9 Å². The van der Waals surface area contributed by atoms with Crippen LogP contribution in [0.4, 0.5) is 5.69 Å². The van der Waals surface area contributed by atoms with Gasteiger partial charge in [-0.25, -0.2) is 0 Å². The Kier molecular flexibility index (Phi) is 3.18. The summed E-state index contributed by atoms with van der Waals surface area (Å²) in [5.41, 5.74) is 6.74. The molecule has 1 fully saturated rings. The maximum absolute atomic E-state index is 12.4. The zero-order chi connectivity index (χ0) is 12.5. The predicted molar refractivity (Wildman–Crippen MR) is 79.5 cm³/mol. The fraction of sp³-hybridized carbons (Fsp3) is 0.308. The van der Waals surface area contributed by atoms with Crippen LogP contribution in [0.25, 0.3) is 10.1 Å². The van der Waals surface area contributed by atoms with Gasteiger partial charge in [0.1, 0.15) is 4.88 Å². The van der Waals surface area contributed by atoms with Gasteiger partial charge in [0.05, 0.1) is 5.69 Å². The van der Waals surface area contributed by atoms with Crippen molar-refractivity contribution in [3.8, 4) is 0 Å². The summed E-state index contributed by atoms with van der Waals surface area (Å²) in [4.78, 5) is 15.0. The van der Waals surface area contributed by atoms with Crippen LogP contribution in [0.2, 0.25) is 0 Å². The Labute approximate surface area is 114 Å². The summed E-state index contributed by atoms with van der Waals surface area (Å²) in [6.45, 7) is 1.66. The molecule has 1 saturated heterocycles. The Morgan fingerprint density at radius 3 is 2.67 bits per heavy atom. The summed E-state index contributed by atoms with van der Waals surface area (Å²) in [6.07, 6.45) is 0. The van der Waals surface area contributed by atoms with Crippen molar-refractivity contribution in [3.05, 3.63) is 29.1 Å². The summed E-state index contributed by atoms with van der Waals surface area (Å²) in [5, 5.41) is 0.997. The van der Waals surface area contributed by atoms with Crippen molar-refractivity contribution in [3.63, 3.8) is 0 Å². The minimum atomic E-state index is 0.0917. The smallest absolute Gasteiger partial charge is 0.266 e. The molecule has 0 radical (unpaired) electrons. The van der Waals surface area contributed by atoms with Gasteiger partial charge in [-0.2, -0.15) is 11.8 Å². The third kappa shape index (κ3) is 1.97. The number of carbonyl (C=O) groups is 1. The first-order valence-electron chi connectivity index (χ1n) is 5.91. The van der Waals surface area contributed by atoms with Crippen molar-refractivity contribution in [1.29, 1.82) is 0 Å². The minimum Gasteiger partial charge on any atom is -0.397 e. The topological polar surface area (TPSA) is 46.3 Å². The molecular weight excluding hydrogens is 264 g/mol. The Morgan fingerprint density at radius 1 is 1.22 bits per heavy atom. The summed E-state index contributed by atoms with van der Waals surface area (Å²) < 4.78 is 1.09. The average Bonchev–Trinajstić information content (AvgIpc) is 2.77. The third-order valence-corrected chi connectivity index (χ3v) is 5.24. The molecule has 0 atom stereocenters. The molecule has 1 aliphatic heterocycles. The van der Waals surface area contributed by atoms with Crippen LogP contribution in [0.1, 0.15) is 9.67 Å². The third-order valence-electron chi connectivity index (χ3n) is 3.13. The second-order valence-corrected chi connectivity index (χ2v) is 6.52. The number of nitrogens with two attached hydrogens (primary N) is 1. The average molecular weight is 278 g/mol. The van der Waals surface area contributed by atoms with Crippen LogP contribution in [0.5, 0.6) is 0 Å². The number of amides is 1. The van der Waals surface area contributed by atoms with Gasteiger partial charge in [-0.3, -0.25) is 4.79 Å². The molecule has 1 aromatic carbocycles. The van der Waals surface area contributed by atoms with Gasteiger partial charge in [-0.1, -0.05) is 18.2 Å². The molecule has 3 nitrogen and oxygen atoms in total. The highest BCUT2D eigenvalue weighted by Gasteiger charge is 2.23. The molecule has 0 aliphatic carbocycles. The normalized spacial score (nSPS) is 16.1. The van der Waals surface area contributed by atoms with Crippen LogP contribution in [0, 0.1) is 0 Å². The number of rotatable bonds is 1. The molecule has 3 rings (SSSR count). The molecule has 1 aliphatic rings. The molecule has 94 valence electrons. The van der Waals surface area contributed by atoms with Gasteiger partial charge >= 0.3 is 0 Å². The van der Waals surface area contributed by atoms with Crippen molar-refractivity contribution >= 4 is 44.8 Å². The first-order chi connectivity index (χ1) is 8.77. The van der Waals surface area contributed by atoms with Crippen LogP contribution in [0.15, 0.2) is 24.3 Å². The van der Waals surface area contributed by atoms with Crippen molar-refractivity contribution in [2.75, 3.05) is 30.3 Å². The van der Waals surface area contributed by atoms with Crippen LogP contribution < -0.4 is 5.73 Å². The molecule has 18 heavy (non-hydrogen) atoms. The van der Waals surface area contributed by atoms with Crippen LogP contribution >= 0.6 is 23.1 Å². The van der Waals surface area contributed by atoms with E-state index in [-0.39, 0.29) is 5.91 Å². The number of benzene rings is 1. The van der Waals surface area contributed by atoms with E-state index >= 15 is 0 Å². The summed E-state index contributed by atoms with van der Waals surface area (Å²) in [7, 11) is 0. The van der Waals surface area contributed by atoms with E-state index in [1.165, 1.54) is 11.3 Å². The van der Waals surface area contributed by atoms with Gasteiger partial charge in [0.15, 0.2) is 0 Å². The highest BCUT2D eigenvalue weighted by atomic mass is 32.2. The molecule has 1 amide bonds. The van der Waals surface area contributed by atoms with Crippen LogP contribution in [0.3, 0.4) is 0 Å². The predicted octanol–water partition coefficient (Wildman–Crippen LogP) is 2.67. The fourth-order valence-corrected chi connectivity index (χ4v) is 4.13. The quantitative estimate of drug-likeness (QED) is 0.872. The number of fused-ring (bicyclic) bond motifs is 1. The van der Waals surface area contributed by atoms with Crippen LogP contribution in [-0.2, 0) is 0 Å². The molecule has 2 aromatic rings. The number of carbonyl (C=O) groups excluding carboxylic acids is 1. The van der Waals surface area contributed by atoms with E-state index in [2.05, 4.69) is 0 Å². The molecular formula is C13H14N2OS2. The van der Waals surface area contributed by atoms with Gasteiger partial charge in [0, 0.05) is 34.7 Å². The van der Waals surface area contributed by atoms with Gasteiger partial charge < -0.3 is 10.6 Å². The summed E-state index contributed by atoms with van der Waals surface area (Å²) >= 11 is 3.40. The Bertz CT molecular complexity index is 588. The Hall–Kier alpha value is -1.20. The summed E-state index contributed by atoms with van der Waals surface area (Å²) in [5.74, 6) is 2.14. The first kappa shape index (κ1) is 11.9. The standard InChI is InChI=1S/C13H14N2OS2/c14-11-9-3-1-2-4-10(9)18-12(11)13(16)15-5-7-17-8-6-15/h1-4H,5-8,14H2. The molecule has 2 N–H and O–H groups in total. The fourth-order valence-electron chi connectivity index (χ4n) is 2.13. The number of hydrogen-bond donors (Lipinski definition) is 1. The minimum absolute atomic E-state index is 0.0917. The molecule has 1 aromatic heterocycles. The van der Waals surface area contributed by atoms with E-state index in [1.54, 1.807) is 0 Å². The monoisotopic (exact) mass is 278 g/mol. The van der Waals surface area contributed by atoms with Crippen molar-refractivity contribution < 1.29 is 4.79 Å². The van der Waals surface area contributed by atoms with E-state index in [0.29, 0.717) is 10.6 Å². The molecule has 0 saturated carbocycles. The zero-order valence-electron chi connectivity index (χ0n) is 9.89. The van der Waals surface area contributed by atoms with E-state index in [9.17, 15) is 4.79 Å². The molecule has 0 unspecified atom stereocenters. The number of nitrogens with zero attached hydrogens (tertiary/aromatic N) is 1. The van der Waals surface area contributed by atoms with Crippen molar-refractivity contribution in [1.82, 2.24) is 4.90 Å². The molecule has 5 heteroatoms. The lowest BCUT2D eigenvalue weighted by molar-refractivity contribution is 0.0778. The highest BCUT2D eigenvalue weighted by Crippen LogP contribution is 2.34. The number of anilines is 1. The number of thioether (sulfide) groups is 1. The van der Waals surface area contributed by atoms with Gasteiger partial charge in [-0.15, -0.1) is 11.3 Å². The lowest BCUT2D eigenvalue weighted by Crippen LogP contribution is -2.37. The van der Waals surface area contributed by atoms with Gasteiger partial charge in [0.2, 0.25) is 0 Å². The number of hydrogen-bond acceptors (Lipinski definition) is 4. The second-order valence-electron chi connectivity index (χ2n) is 4.25. The van der Waals surface area contributed by atoms with Crippen molar-refractivity contribution in [2.24, 2.45) is 0 Å². The second kappa shape index (κ2) is 4.82. The molecule has 0 spiro atoms. The highest BCUT2D eigenvalue weighted by molar-refractivity contribution is 7.99. The number of nitrogen functional groups attached to an aromatic ring is 1. The maximum Gasteiger partial charge on any atom is 0.266 e. The SMILES string of the molecule is Nc1c(C(=O)N2CCSCC2)sc2ccccc12. The van der Waals surface area contributed by atoms with Gasteiger partial charge in [-0.05, 0) is 6.07 Å². The van der Waals surface area contributed by atoms with E-state index < -0.39 is 0 Å². The zero-order valence-corrected chi connectivity index (χ0v) is 11.5. The Balaban J connectivity index is 1.98. The van der Waals surface area contributed by atoms with E-state index in [0.717, 1.165) is 34.7 Å². The molecule has 0 bridgehead atoms. The van der Waals surface area contributed by atoms with Crippen LogP contribution in [-0.4, -0.2) is 35.4 Å². The maximum atomic E-state index is 12.4. The van der Waals surface area contributed by atoms with Gasteiger partial charge in [0.25, 0.3) is 5.91 Å². The largest absolute Gasteiger partial charge is 0.397 e. The lowest BCUT2D eigenvalue weighted by atomic mass is 10.2. The Morgan fingerprint density at radius 2 is 1.94 bits per heavy atom. The number of thiophene rings is 1. The lowest BCUT2D eigenvalue weighted by Gasteiger charge is -2.26. The first-order valence-corrected chi connectivity index (χ1v) is 7.88. The summed E-state index contributed by atoms with van der Waals surface area (Å²) in [6, 6.07) is 7.92. The van der Waals surface area contributed by atoms with E-state index in [4.69, 9.17) is 5.73 Å².